The van der Waals surface area contributed by atoms with Crippen molar-refractivity contribution in [3.63, 3.8) is 0 Å². The van der Waals surface area contributed by atoms with Crippen LogP contribution < -0.4 is 16.0 Å². The maximum atomic E-state index is 12.9. The first kappa shape index (κ1) is 25.4. The van der Waals surface area contributed by atoms with Crippen LogP contribution in [0.25, 0.3) is 0 Å². The van der Waals surface area contributed by atoms with Crippen molar-refractivity contribution in [3.8, 4) is 0 Å². The Labute approximate surface area is 176 Å². The van der Waals surface area contributed by atoms with Crippen LogP contribution >= 0.6 is 0 Å². The van der Waals surface area contributed by atoms with E-state index in [4.69, 9.17) is 4.74 Å². The predicted octanol–water partition coefficient (Wildman–Crippen LogP) is 2.53. The molecular weight excluding hydrogens is 370 g/mol. The lowest BCUT2D eigenvalue weighted by Gasteiger charge is -2.29. The van der Waals surface area contributed by atoms with Crippen LogP contribution in [0, 0.1) is 11.8 Å². The summed E-state index contributed by atoms with van der Waals surface area (Å²) in [4.78, 5) is 37.5. The van der Waals surface area contributed by atoms with Gasteiger partial charge in [-0.2, -0.15) is 0 Å². The fourth-order valence-electron chi connectivity index (χ4n) is 3.60. The first-order valence-corrected chi connectivity index (χ1v) is 11.0. The molecule has 0 bridgehead atoms. The molecule has 1 aliphatic heterocycles. The van der Waals surface area contributed by atoms with E-state index in [1.54, 1.807) is 0 Å². The Kier molecular flexibility index (Phi) is 10.1. The molecule has 1 fully saturated rings. The number of hydrogen-bond donors (Lipinski definition) is 3. The lowest BCUT2D eigenvalue weighted by molar-refractivity contribution is -0.145. The topological polar surface area (TPSA) is 96.5 Å². The van der Waals surface area contributed by atoms with Crippen molar-refractivity contribution in [1.82, 2.24) is 16.0 Å². The van der Waals surface area contributed by atoms with Gasteiger partial charge in [0.1, 0.15) is 12.1 Å². The van der Waals surface area contributed by atoms with E-state index in [0.717, 1.165) is 12.8 Å². The smallest absolute Gasteiger partial charge is 0.249 e. The van der Waals surface area contributed by atoms with Crippen molar-refractivity contribution in [2.24, 2.45) is 11.8 Å². The zero-order chi connectivity index (χ0) is 22.2. The maximum absolute atomic E-state index is 12.9. The van der Waals surface area contributed by atoms with Gasteiger partial charge in [-0.05, 0) is 59.3 Å². The Morgan fingerprint density at radius 1 is 1.17 bits per heavy atom. The van der Waals surface area contributed by atoms with Gasteiger partial charge in [0.15, 0.2) is 0 Å². The quantitative estimate of drug-likeness (QED) is 0.487. The van der Waals surface area contributed by atoms with E-state index in [2.05, 4.69) is 16.0 Å². The van der Waals surface area contributed by atoms with Gasteiger partial charge in [-0.1, -0.05) is 27.2 Å². The average Bonchev–Trinajstić information content (AvgIpc) is 2.96. The van der Waals surface area contributed by atoms with Crippen molar-refractivity contribution in [3.05, 3.63) is 0 Å². The van der Waals surface area contributed by atoms with E-state index in [1.165, 1.54) is 0 Å². The van der Waals surface area contributed by atoms with E-state index in [9.17, 15) is 14.4 Å². The highest BCUT2D eigenvalue weighted by molar-refractivity contribution is 5.89. The molecule has 29 heavy (non-hydrogen) atoms. The van der Waals surface area contributed by atoms with Crippen molar-refractivity contribution in [2.75, 3.05) is 6.54 Å². The summed E-state index contributed by atoms with van der Waals surface area (Å²) in [6.07, 6.45) is 2.78. The van der Waals surface area contributed by atoms with Crippen LogP contribution in [-0.2, 0) is 19.1 Å². The van der Waals surface area contributed by atoms with Crippen molar-refractivity contribution in [2.45, 2.75) is 104 Å². The molecule has 3 N–H and O–H groups in total. The van der Waals surface area contributed by atoms with Crippen LogP contribution in [-0.4, -0.2) is 48.1 Å². The molecule has 0 aliphatic carbocycles. The first-order valence-electron chi connectivity index (χ1n) is 11.0. The minimum absolute atomic E-state index is 0.0554. The molecule has 1 heterocycles. The minimum Gasteiger partial charge on any atom is -0.363 e. The molecule has 0 aromatic carbocycles. The van der Waals surface area contributed by atoms with Crippen LogP contribution in [0.2, 0.25) is 0 Å². The van der Waals surface area contributed by atoms with Gasteiger partial charge in [0.2, 0.25) is 17.7 Å². The van der Waals surface area contributed by atoms with E-state index in [-0.39, 0.29) is 35.6 Å². The largest absolute Gasteiger partial charge is 0.363 e. The van der Waals surface area contributed by atoms with Crippen molar-refractivity contribution >= 4 is 17.7 Å². The predicted molar refractivity (Wildman–Crippen MR) is 114 cm³/mol. The summed E-state index contributed by atoms with van der Waals surface area (Å²) in [5, 5.41) is 8.71. The summed E-state index contributed by atoms with van der Waals surface area (Å²) in [5.41, 5.74) is -0.441. The second kappa shape index (κ2) is 11.5. The number of nitrogens with one attached hydrogen (secondary N) is 3. The van der Waals surface area contributed by atoms with Crippen LogP contribution in [0.1, 0.15) is 80.6 Å². The molecule has 168 valence electrons. The minimum atomic E-state index is -0.620. The molecule has 3 amide bonds. The monoisotopic (exact) mass is 411 g/mol. The molecule has 0 saturated carbocycles. The fourth-order valence-corrected chi connectivity index (χ4v) is 3.60. The first-order chi connectivity index (χ1) is 13.4. The SMILES string of the molecule is CCC[C@H](OC(C)(C)C)C(=O)NC(CC(C)C)C(=O)N[C@H](C)CC1CCNC1=O. The summed E-state index contributed by atoms with van der Waals surface area (Å²) in [6, 6.07) is -0.759. The van der Waals surface area contributed by atoms with Gasteiger partial charge < -0.3 is 20.7 Å². The Hall–Kier alpha value is -1.63. The number of carbonyl (C=O) groups excluding carboxylic acids is 3. The molecule has 7 nitrogen and oxygen atoms in total. The fraction of sp³-hybridized carbons (Fsp3) is 0.864. The summed E-state index contributed by atoms with van der Waals surface area (Å²) in [5.74, 6) is -0.207. The summed E-state index contributed by atoms with van der Waals surface area (Å²) in [7, 11) is 0. The zero-order valence-electron chi connectivity index (χ0n) is 19.3. The van der Waals surface area contributed by atoms with E-state index in [1.807, 2.05) is 48.5 Å². The second-order valence-corrected chi connectivity index (χ2v) is 9.62. The van der Waals surface area contributed by atoms with Gasteiger partial charge in [0, 0.05) is 18.5 Å². The number of hydrogen-bond acceptors (Lipinski definition) is 4. The number of carbonyl (C=O) groups is 3. The number of amides is 3. The van der Waals surface area contributed by atoms with Gasteiger partial charge in [0.25, 0.3) is 0 Å². The summed E-state index contributed by atoms with van der Waals surface area (Å²) < 4.78 is 5.92. The molecule has 1 saturated heterocycles. The molecule has 7 heteroatoms. The third-order valence-electron chi connectivity index (χ3n) is 4.87. The molecule has 2 unspecified atom stereocenters. The highest BCUT2D eigenvalue weighted by Crippen LogP contribution is 2.17. The Balaban J connectivity index is 2.74. The van der Waals surface area contributed by atoms with E-state index < -0.39 is 17.7 Å². The summed E-state index contributed by atoms with van der Waals surface area (Å²) >= 11 is 0. The Morgan fingerprint density at radius 2 is 1.83 bits per heavy atom. The van der Waals surface area contributed by atoms with E-state index in [0.29, 0.717) is 25.8 Å². The number of rotatable bonds is 11. The van der Waals surface area contributed by atoms with Crippen molar-refractivity contribution in [1.29, 1.82) is 0 Å². The Bertz CT molecular complexity index is 557. The molecule has 0 spiro atoms. The summed E-state index contributed by atoms with van der Waals surface area (Å²) in [6.45, 7) is 14.4. The highest BCUT2D eigenvalue weighted by atomic mass is 16.5. The average molecular weight is 412 g/mol. The van der Waals surface area contributed by atoms with Gasteiger partial charge in [0.05, 0.1) is 5.60 Å². The highest BCUT2D eigenvalue weighted by Gasteiger charge is 2.31. The van der Waals surface area contributed by atoms with Gasteiger partial charge in [-0.25, -0.2) is 0 Å². The molecule has 0 aromatic rings. The van der Waals surface area contributed by atoms with Gasteiger partial charge in [-0.15, -0.1) is 0 Å². The zero-order valence-corrected chi connectivity index (χ0v) is 19.3. The molecule has 1 rings (SSSR count). The molecule has 0 radical (unpaired) electrons. The van der Waals surface area contributed by atoms with Gasteiger partial charge >= 0.3 is 0 Å². The molecule has 4 atom stereocenters. The third-order valence-corrected chi connectivity index (χ3v) is 4.87. The third kappa shape index (κ3) is 9.61. The molecule has 0 aromatic heterocycles. The second-order valence-electron chi connectivity index (χ2n) is 9.62. The van der Waals surface area contributed by atoms with Crippen molar-refractivity contribution < 1.29 is 19.1 Å². The Morgan fingerprint density at radius 3 is 2.31 bits per heavy atom. The standard InChI is InChI=1S/C22H41N3O4/c1-8-9-18(29-22(5,6)7)21(28)25-17(12-14(2)3)20(27)24-15(4)13-16-10-11-23-19(16)26/h14-18H,8-13H2,1-7H3,(H,23,26)(H,24,27)(H,25,28)/t15-,16?,17?,18+/m1/s1. The van der Waals surface area contributed by atoms with Crippen LogP contribution in [0.4, 0.5) is 0 Å². The van der Waals surface area contributed by atoms with Gasteiger partial charge in [-0.3, -0.25) is 14.4 Å². The lowest BCUT2D eigenvalue weighted by Crippen LogP contribution is -2.53. The molecule has 1 aliphatic rings. The lowest BCUT2D eigenvalue weighted by atomic mass is 9.98. The van der Waals surface area contributed by atoms with Crippen LogP contribution in [0.3, 0.4) is 0 Å². The normalized spacial score (nSPS) is 20.1. The maximum Gasteiger partial charge on any atom is 0.249 e. The molecular formula is C22H41N3O4. The van der Waals surface area contributed by atoms with E-state index >= 15 is 0 Å². The van der Waals surface area contributed by atoms with Crippen LogP contribution in [0.5, 0.6) is 0 Å². The van der Waals surface area contributed by atoms with Crippen LogP contribution in [0.15, 0.2) is 0 Å². The number of ether oxygens (including phenoxy) is 1.